The second kappa shape index (κ2) is 4.19. The Morgan fingerprint density at radius 1 is 1.07 bits per heavy atom. The molecule has 2 rings (SSSR count). The van der Waals surface area contributed by atoms with E-state index in [1.807, 2.05) is 0 Å². The minimum Gasteiger partial charge on any atom is -0.384 e. The molecule has 1 aromatic heterocycles. The van der Waals surface area contributed by atoms with Crippen molar-refractivity contribution in [2.24, 2.45) is 0 Å². The van der Waals surface area contributed by atoms with E-state index in [1.54, 1.807) is 42.7 Å². The maximum atomic E-state index is 13.4. The van der Waals surface area contributed by atoms with Gasteiger partial charge in [-0.3, -0.25) is 4.98 Å². The Morgan fingerprint density at radius 3 is 2.40 bits per heavy atom. The SMILES string of the molecule is O[C@@H](c1ccncc1)c1ccccc1F. The number of aromatic nitrogens is 1. The largest absolute Gasteiger partial charge is 0.384 e. The molecule has 0 aliphatic rings. The van der Waals surface area contributed by atoms with Gasteiger partial charge >= 0.3 is 0 Å². The van der Waals surface area contributed by atoms with E-state index < -0.39 is 11.9 Å². The summed E-state index contributed by atoms with van der Waals surface area (Å²) < 4.78 is 13.4. The molecule has 2 nitrogen and oxygen atoms in total. The maximum absolute atomic E-state index is 13.4. The van der Waals surface area contributed by atoms with E-state index in [4.69, 9.17) is 0 Å². The standard InChI is InChI=1S/C12H10FNO/c13-11-4-2-1-3-10(11)12(15)9-5-7-14-8-6-9/h1-8,12,15H/t12-/m0/s1. The fourth-order valence-corrected chi connectivity index (χ4v) is 1.42. The molecule has 0 aliphatic heterocycles. The van der Waals surface area contributed by atoms with Crippen LogP contribution in [0.25, 0.3) is 0 Å². The van der Waals surface area contributed by atoms with Gasteiger partial charge in [0.25, 0.3) is 0 Å². The molecule has 3 heteroatoms. The van der Waals surface area contributed by atoms with Gasteiger partial charge < -0.3 is 5.11 Å². The first-order valence-corrected chi connectivity index (χ1v) is 4.61. The Morgan fingerprint density at radius 2 is 1.73 bits per heavy atom. The zero-order chi connectivity index (χ0) is 10.7. The molecule has 76 valence electrons. The minimum absolute atomic E-state index is 0.281. The van der Waals surface area contributed by atoms with Crippen LogP contribution in [0.2, 0.25) is 0 Å². The van der Waals surface area contributed by atoms with Crippen molar-refractivity contribution in [3.63, 3.8) is 0 Å². The zero-order valence-corrected chi connectivity index (χ0v) is 7.97. The molecule has 2 aromatic rings. The van der Waals surface area contributed by atoms with Crippen LogP contribution < -0.4 is 0 Å². The summed E-state index contributed by atoms with van der Waals surface area (Å²) in [6.45, 7) is 0. The predicted octanol–water partition coefficient (Wildman–Crippen LogP) is 2.30. The monoisotopic (exact) mass is 203 g/mol. The molecular weight excluding hydrogens is 193 g/mol. The highest BCUT2D eigenvalue weighted by atomic mass is 19.1. The number of hydrogen-bond acceptors (Lipinski definition) is 2. The topological polar surface area (TPSA) is 33.1 Å². The number of rotatable bonds is 2. The van der Waals surface area contributed by atoms with Crippen LogP contribution in [-0.2, 0) is 0 Å². The molecule has 0 radical (unpaired) electrons. The van der Waals surface area contributed by atoms with Gasteiger partial charge in [-0.05, 0) is 23.8 Å². The van der Waals surface area contributed by atoms with Crippen LogP contribution in [0.15, 0.2) is 48.8 Å². The molecule has 1 N–H and O–H groups in total. The molecule has 0 amide bonds. The summed E-state index contributed by atoms with van der Waals surface area (Å²) in [4.78, 5) is 3.84. The molecule has 0 saturated carbocycles. The van der Waals surface area contributed by atoms with E-state index in [-0.39, 0.29) is 5.56 Å². The minimum atomic E-state index is -0.936. The quantitative estimate of drug-likeness (QED) is 0.812. The lowest BCUT2D eigenvalue weighted by Crippen LogP contribution is -2.02. The summed E-state index contributed by atoms with van der Waals surface area (Å²) in [6.07, 6.45) is 2.20. The molecule has 0 bridgehead atoms. The van der Waals surface area contributed by atoms with Crippen molar-refractivity contribution in [1.29, 1.82) is 0 Å². The Labute approximate surface area is 87.0 Å². The van der Waals surface area contributed by atoms with Gasteiger partial charge in [-0.1, -0.05) is 18.2 Å². The van der Waals surface area contributed by atoms with Crippen molar-refractivity contribution < 1.29 is 9.50 Å². The summed E-state index contributed by atoms with van der Waals surface area (Å²) in [5.41, 5.74) is 0.916. The summed E-state index contributed by atoms with van der Waals surface area (Å²) >= 11 is 0. The second-order valence-corrected chi connectivity index (χ2v) is 3.20. The molecule has 1 atom stereocenters. The van der Waals surface area contributed by atoms with Crippen LogP contribution in [0.3, 0.4) is 0 Å². The molecule has 0 saturated heterocycles. The molecule has 0 aliphatic carbocycles. The van der Waals surface area contributed by atoms with Gasteiger partial charge in [-0.15, -0.1) is 0 Å². The van der Waals surface area contributed by atoms with Crippen molar-refractivity contribution in [2.45, 2.75) is 6.10 Å². The lowest BCUT2D eigenvalue weighted by atomic mass is 10.0. The predicted molar refractivity (Wildman–Crippen MR) is 54.7 cm³/mol. The summed E-state index contributed by atoms with van der Waals surface area (Å²) in [7, 11) is 0. The fraction of sp³-hybridized carbons (Fsp3) is 0.0833. The third kappa shape index (κ3) is 2.02. The average Bonchev–Trinajstić information content (AvgIpc) is 2.30. The van der Waals surface area contributed by atoms with Crippen LogP contribution in [0, 0.1) is 5.82 Å². The highest BCUT2D eigenvalue weighted by Crippen LogP contribution is 2.23. The van der Waals surface area contributed by atoms with Crippen molar-refractivity contribution in [2.75, 3.05) is 0 Å². The zero-order valence-electron chi connectivity index (χ0n) is 7.97. The highest BCUT2D eigenvalue weighted by molar-refractivity contribution is 5.29. The van der Waals surface area contributed by atoms with E-state index in [9.17, 15) is 9.50 Å². The number of benzene rings is 1. The van der Waals surface area contributed by atoms with E-state index >= 15 is 0 Å². The Balaban J connectivity index is 2.37. The molecule has 0 unspecified atom stereocenters. The van der Waals surface area contributed by atoms with E-state index in [1.165, 1.54) is 6.07 Å². The third-order valence-corrected chi connectivity index (χ3v) is 2.22. The van der Waals surface area contributed by atoms with Gasteiger partial charge in [0.2, 0.25) is 0 Å². The van der Waals surface area contributed by atoms with Crippen LogP contribution in [0.1, 0.15) is 17.2 Å². The summed E-state index contributed by atoms with van der Waals surface area (Å²) in [5.74, 6) is -0.401. The Kier molecular flexibility index (Phi) is 2.74. The fourth-order valence-electron chi connectivity index (χ4n) is 1.42. The first kappa shape index (κ1) is 9.80. The number of aliphatic hydroxyl groups excluding tert-OH is 1. The van der Waals surface area contributed by atoms with Crippen molar-refractivity contribution in [3.05, 3.63) is 65.7 Å². The van der Waals surface area contributed by atoms with Gasteiger partial charge in [0.15, 0.2) is 0 Å². The van der Waals surface area contributed by atoms with Gasteiger partial charge in [0.1, 0.15) is 11.9 Å². The number of nitrogens with zero attached hydrogens (tertiary/aromatic N) is 1. The second-order valence-electron chi connectivity index (χ2n) is 3.20. The van der Waals surface area contributed by atoms with E-state index in [0.29, 0.717) is 5.56 Å². The Hall–Kier alpha value is -1.74. The number of hydrogen-bond donors (Lipinski definition) is 1. The third-order valence-electron chi connectivity index (χ3n) is 2.22. The smallest absolute Gasteiger partial charge is 0.129 e. The highest BCUT2D eigenvalue weighted by Gasteiger charge is 2.13. The normalized spacial score (nSPS) is 12.4. The maximum Gasteiger partial charge on any atom is 0.129 e. The Bertz CT molecular complexity index is 444. The molecular formula is C12H10FNO. The lowest BCUT2D eigenvalue weighted by molar-refractivity contribution is 0.215. The van der Waals surface area contributed by atoms with Gasteiger partial charge in [-0.25, -0.2) is 4.39 Å². The van der Waals surface area contributed by atoms with Crippen molar-refractivity contribution in [3.8, 4) is 0 Å². The van der Waals surface area contributed by atoms with Crippen LogP contribution in [-0.4, -0.2) is 10.1 Å². The van der Waals surface area contributed by atoms with Crippen molar-refractivity contribution >= 4 is 0 Å². The average molecular weight is 203 g/mol. The summed E-state index contributed by atoms with van der Waals surface area (Å²) in [6, 6.07) is 9.52. The molecule has 0 fully saturated rings. The number of halogens is 1. The first-order valence-electron chi connectivity index (χ1n) is 4.61. The lowest BCUT2D eigenvalue weighted by Gasteiger charge is -2.11. The van der Waals surface area contributed by atoms with Gasteiger partial charge in [-0.2, -0.15) is 0 Å². The molecule has 1 heterocycles. The molecule has 1 aromatic carbocycles. The van der Waals surface area contributed by atoms with Crippen LogP contribution >= 0.6 is 0 Å². The van der Waals surface area contributed by atoms with E-state index in [0.717, 1.165) is 0 Å². The molecule has 15 heavy (non-hydrogen) atoms. The first-order chi connectivity index (χ1) is 7.29. The summed E-state index contributed by atoms with van der Waals surface area (Å²) in [5, 5.41) is 9.90. The van der Waals surface area contributed by atoms with Gasteiger partial charge in [0, 0.05) is 18.0 Å². The van der Waals surface area contributed by atoms with Crippen molar-refractivity contribution in [1.82, 2.24) is 4.98 Å². The van der Waals surface area contributed by atoms with Crippen LogP contribution in [0.4, 0.5) is 4.39 Å². The number of pyridine rings is 1. The number of aliphatic hydroxyl groups is 1. The molecule has 0 spiro atoms. The van der Waals surface area contributed by atoms with Gasteiger partial charge in [0.05, 0.1) is 0 Å². The van der Waals surface area contributed by atoms with E-state index in [2.05, 4.69) is 4.98 Å². The van der Waals surface area contributed by atoms with Crippen LogP contribution in [0.5, 0.6) is 0 Å².